The number of fused-ring (bicyclic) bond motifs is 5. The van der Waals surface area contributed by atoms with E-state index in [1.807, 2.05) is 0 Å². The van der Waals surface area contributed by atoms with Crippen LogP contribution in [0.1, 0.15) is 78.1 Å². The van der Waals surface area contributed by atoms with E-state index in [0.29, 0.717) is 23.8 Å². The minimum atomic E-state index is -0.330. The van der Waals surface area contributed by atoms with Gasteiger partial charge in [0.2, 0.25) is 0 Å². The van der Waals surface area contributed by atoms with E-state index < -0.39 is 0 Å². The lowest BCUT2D eigenvalue weighted by molar-refractivity contribution is -0.141. The molecule has 0 spiro atoms. The third kappa shape index (κ3) is 2.77. The molecule has 0 amide bonds. The standard InChI is InChI=1S/C24H42N2O2/c1-23-9-8-17-16(7-6-15-12-19(25)21(27)14-24(15,17)2)18(23)13-20(22(23)28)26-10-4-3-5-11-26/h15-22,27-28H,3-14,25H2,1-2H3/t15?,16-,17-,18+,19?,20?,21?,22?,23+,24+/m1/s1. The maximum Gasteiger partial charge on any atom is 0.0751 e. The predicted molar refractivity (Wildman–Crippen MR) is 112 cm³/mol. The Labute approximate surface area is 171 Å². The van der Waals surface area contributed by atoms with E-state index in [2.05, 4.69) is 18.7 Å². The van der Waals surface area contributed by atoms with E-state index in [9.17, 15) is 10.2 Å². The Morgan fingerprint density at radius 3 is 2.39 bits per heavy atom. The largest absolute Gasteiger partial charge is 0.391 e. The van der Waals surface area contributed by atoms with Crippen molar-refractivity contribution in [2.24, 2.45) is 40.2 Å². The first-order chi connectivity index (χ1) is 13.3. The van der Waals surface area contributed by atoms with Crippen molar-refractivity contribution in [3.63, 3.8) is 0 Å². The fourth-order valence-corrected chi connectivity index (χ4v) is 8.91. The van der Waals surface area contributed by atoms with Gasteiger partial charge in [-0.3, -0.25) is 4.90 Å². The van der Waals surface area contributed by atoms with Gasteiger partial charge >= 0.3 is 0 Å². The van der Waals surface area contributed by atoms with Crippen LogP contribution in [0.25, 0.3) is 0 Å². The van der Waals surface area contributed by atoms with Crippen LogP contribution < -0.4 is 5.73 Å². The molecule has 10 atom stereocenters. The maximum atomic E-state index is 11.5. The molecule has 0 aromatic rings. The van der Waals surface area contributed by atoms with Gasteiger partial charge in [0.1, 0.15) is 0 Å². The highest BCUT2D eigenvalue weighted by Crippen LogP contribution is 2.66. The number of aliphatic hydroxyl groups excluding tert-OH is 2. The van der Waals surface area contributed by atoms with Crippen LogP contribution in [0.15, 0.2) is 0 Å². The first-order valence-corrected chi connectivity index (χ1v) is 12.2. The molecule has 5 fully saturated rings. The van der Waals surface area contributed by atoms with E-state index in [1.54, 1.807) is 0 Å². The summed E-state index contributed by atoms with van der Waals surface area (Å²) in [6, 6.07) is 0.352. The summed E-state index contributed by atoms with van der Waals surface area (Å²) < 4.78 is 0. The predicted octanol–water partition coefficient (Wildman–Crippen LogP) is 3.15. The summed E-state index contributed by atoms with van der Waals surface area (Å²) in [5, 5.41) is 22.1. The van der Waals surface area contributed by atoms with E-state index in [1.165, 1.54) is 58.0 Å². The quantitative estimate of drug-likeness (QED) is 0.643. The second-order valence-electron chi connectivity index (χ2n) is 11.7. The maximum absolute atomic E-state index is 11.5. The van der Waals surface area contributed by atoms with Gasteiger partial charge in [-0.15, -0.1) is 0 Å². The summed E-state index contributed by atoms with van der Waals surface area (Å²) in [5.74, 6) is 2.77. The van der Waals surface area contributed by atoms with Gasteiger partial charge in [-0.1, -0.05) is 20.3 Å². The van der Waals surface area contributed by atoms with Gasteiger partial charge in [-0.25, -0.2) is 0 Å². The van der Waals surface area contributed by atoms with E-state index in [0.717, 1.165) is 25.2 Å². The first-order valence-electron chi connectivity index (χ1n) is 12.2. The monoisotopic (exact) mass is 390 g/mol. The Bertz CT molecular complexity index is 593. The molecule has 5 unspecified atom stereocenters. The number of aliphatic hydroxyl groups is 2. The summed E-state index contributed by atoms with van der Waals surface area (Å²) in [6.45, 7) is 7.24. The Morgan fingerprint density at radius 1 is 0.893 bits per heavy atom. The van der Waals surface area contributed by atoms with Crippen LogP contribution in [0.4, 0.5) is 0 Å². The molecule has 1 aliphatic heterocycles. The number of piperidine rings is 1. The van der Waals surface area contributed by atoms with E-state index in [4.69, 9.17) is 5.73 Å². The number of hydrogen-bond acceptors (Lipinski definition) is 4. The molecule has 4 N–H and O–H groups in total. The lowest BCUT2D eigenvalue weighted by Crippen LogP contribution is -2.58. The van der Waals surface area contributed by atoms with Gasteiger partial charge < -0.3 is 15.9 Å². The highest BCUT2D eigenvalue weighted by molar-refractivity contribution is 5.13. The zero-order valence-electron chi connectivity index (χ0n) is 18.0. The molecule has 0 aromatic carbocycles. The zero-order chi connectivity index (χ0) is 19.7. The van der Waals surface area contributed by atoms with E-state index >= 15 is 0 Å². The zero-order valence-corrected chi connectivity index (χ0v) is 18.0. The molecule has 4 heteroatoms. The lowest BCUT2D eigenvalue weighted by Gasteiger charge is -2.61. The van der Waals surface area contributed by atoms with Crippen molar-refractivity contribution in [1.82, 2.24) is 4.90 Å². The average Bonchev–Trinajstić information content (AvgIpc) is 2.95. The van der Waals surface area contributed by atoms with Crippen LogP contribution in [0.2, 0.25) is 0 Å². The molecule has 4 aliphatic carbocycles. The molecule has 0 radical (unpaired) electrons. The molecule has 1 saturated heterocycles. The molecule has 160 valence electrons. The topological polar surface area (TPSA) is 69.7 Å². The van der Waals surface area contributed by atoms with Crippen molar-refractivity contribution >= 4 is 0 Å². The molecular formula is C24H42N2O2. The second kappa shape index (κ2) is 6.93. The molecule has 4 saturated carbocycles. The molecule has 4 nitrogen and oxygen atoms in total. The minimum Gasteiger partial charge on any atom is -0.391 e. The van der Waals surface area contributed by atoms with Crippen molar-refractivity contribution in [1.29, 1.82) is 0 Å². The molecule has 1 heterocycles. The van der Waals surface area contributed by atoms with Crippen molar-refractivity contribution in [2.45, 2.75) is 102 Å². The molecule has 0 bridgehead atoms. The number of rotatable bonds is 1. The summed E-state index contributed by atoms with van der Waals surface area (Å²) in [5.41, 5.74) is 6.59. The van der Waals surface area contributed by atoms with Gasteiger partial charge in [0.15, 0.2) is 0 Å². The highest BCUT2D eigenvalue weighted by atomic mass is 16.3. The first kappa shape index (κ1) is 19.8. The van der Waals surface area contributed by atoms with Crippen molar-refractivity contribution < 1.29 is 10.2 Å². The van der Waals surface area contributed by atoms with E-state index in [-0.39, 0.29) is 29.1 Å². The smallest absolute Gasteiger partial charge is 0.0751 e. The summed E-state index contributed by atoms with van der Waals surface area (Å²) >= 11 is 0. The van der Waals surface area contributed by atoms with Crippen LogP contribution in [0, 0.1) is 34.5 Å². The second-order valence-corrected chi connectivity index (χ2v) is 11.7. The van der Waals surface area contributed by atoms with Crippen molar-refractivity contribution in [2.75, 3.05) is 13.1 Å². The molecule has 5 aliphatic rings. The molecule has 5 rings (SSSR count). The third-order valence-electron chi connectivity index (χ3n) is 10.6. The Balaban J connectivity index is 1.40. The molecular weight excluding hydrogens is 348 g/mol. The number of nitrogens with two attached hydrogens (primary N) is 1. The summed E-state index contributed by atoms with van der Waals surface area (Å²) in [6.07, 6.45) is 11.5. The average molecular weight is 391 g/mol. The Hall–Kier alpha value is -0.160. The van der Waals surface area contributed by atoms with Gasteiger partial charge in [0, 0.05) is 12.1 Å². The van der Waals surface area contributed by atoms with Crippen LogP contribution in [-0.2, 0) is 0 Å². The van der Waals surface area contributed by atoms with Crippen molar-refractivity contribution in [3.8, 4) is 0 Å². The third-order valence-corrected chi connectivity index (χ3v) is 10.6. The number of hydrogen-bond donors (Lipinski definition) is 3. The lowest BCUT2D eigenvalue weighted by atomic mass is 9.44. The Morgan fingerprint density at radius 2 is 1.64 bits per heavy atom. The summed E-state index contributed by atoms with van der Waals surface area (Å²) in [4.78, 5) is 2.63. The molecule has 28 heavy (non-hydrogen) atoms. The van der Waals surface area contributed by atoms with Crippen LogP contribution >= 0.6 is 0 Å². The normalized spacial score (nSPS) is 57.3. The summed E-state index contributed by atoms with van der Waals surface area (Å²) in [7, 11) is 0. The Kier molecular flexibility index (Phi) is 4.90. The fourth-order valence-electron chi connectivity index (χ4n) is 8.91. The fraction of sp³-hybridized carbons (Fsp3) is 1.00. The molecule has 0 aromatic heterocycles. The van der Waals surface area contributed by atoms with Gasteiger partial charge in [0.25, 0.3) is 0 Å². The number of nitrogens with zero attached hydrogens (tertiary/aromatic N) is 1. The van der Waals surface area contributed by atoms with Crippen LogP contribution in [-0.4, -0.2) is 52.5 Å². The van der Waals surface area contributed by atoms with Gasteiger partial charge in [0.05, 0.1) is 12.2 Å². The number of likely N-dealkylation sites (tertiary alicyclic amines) is 1. The van der Waals surface area contributed by atoms with Crippen LogP contribution in [0.5, 0.6) is 0 Å². The van der Waals surface area contributed by atoms with Crippen LogP contribution in [0.3, 0.4) is 0 Å². The van der Waals surface area contributed by atoms with Crippen molar-refractivity contribution in [3.05, 3.63) is 0 Å². The van der Waals surface area contributed by atoms with Gasteiger partial charge in [-0.2, -0.15) is 0 Å². The minimum absolute atomic E-state index is 0.0275. The van der Waals surface area contributed by atoms with Gasteiger partial charge in [-0.05, 0) is 105 Å². The SMILES string of the molecule is C[C@]12CC(O)C(N)CC1CC[C@@H]1[C@H]2CC[C@]2(C)C(O)C(N3CCCCC3)C[C@@H]12. The highest BCUT2D eigenvalue weighted by Gasteiger charge is 2.63.